The molecule has 0 heterocycles. The SMILES string of the molecule is ClOCCc1ccccc1. The molecule has 2 heteroatoms. The molecule has 0 aliphatic carbocycles. The van der Waals surface area contributed by atoms with Gasteiger partial charge in [-0.2, -0.15) is 0 Å². The number of halogens is 1. The Bertz CT molecular complexity index is 174. The van der Waals surface area contributed by atoms with Gasteiger partial charge in [0.05, 0.1) is 18.5 Å². The van der Waals surface area contributed by atoms with E-state index in [0.29, 0.717) is 6.61 Å². The van der Waals surface area contributed by atoms with Gasteiger partial charge in [0.25, 0.3) is 0 Å². The average Bonchev–Trinajstić information content (AvgIpc) is 2.03. The number of hydrogen-bond acceptors (Lipinski definition) is 1. The fourth-order valence-electron chi connectivity index (χ4n) is 0.801. The van der Waals surface area contributed by atoms with Crippen molar-refractivity contribution >= 4 is 11.9 Å². The molecule has 0 aliphatic heterocycles. The molecule has 54 valence electrons. The van der Waals surface area contributed by atoms with Gasteiger partial charge in [-0.25, -0.2) is 0 Å². The summed E-state index contributed by atoms with van der Waals surface area (Å²) < 4.78 is 4.42. The fraction of sp³-hybridized carbons (Fsp3) is 0.250. The molecule has 0 aromatic heterocycles. The molecule has 0 unspecified atom stereocenters. The molecule has 0 saturated carbocycles. The zero-order valence-electron chi connectivity index (χ0n) is 5.59. The van der Waals surface area contributed by atoms with Crippen LogP contribution >= 0.6 is 11.9 Å². The Balaban J connectivity index is 2.43. The van der Waals surface area contributed by atoms with Crippen molar-refractivity contribution in [1.82, 2.24) is 0 Å². The van der Waals surface area contributed by atoms with Gasteiger partial charge in [-0.1, -0.05) is 30.3 Å². The first-order chi connectivity index (χ1) is 4.93. The Morgan fingerprint density at radius 2 is 1.90 bits per heavy atom. The molecule has 0 aliphatic rings. The average molecular weight is 157 g/mol. The quantitative estimate of drug-likeness (QED) is 0.653. The van der Waals surface area contributed by atoms with E-state index in [-0.39, 0.29) is 0 Å². The van der Waals surface area contributed by atoms with Gasteiger partial charge in [0, 0.05) is 0 Å². The molecule has 0 N–H and O–H groups in total. The minimum atomic E-state index is 0.575. The first kappa shape index (κ1) is 7.58. The van der Waals surface area contributed by atoms with Gasteiger partial charge in [0.2, 0.25) is 0 Å². The summed E-state index contributed by atoms with van der Waals surface area (Å²) in [6, 6.07) is 10.1. The van der Waals surface area contributed by atoms with Crippen LogP contribution < -0.4 is 0 Å². The van der Waals surface area contributed by atoms with Crippen LogP contribution in [0.3, 0.4) is 0 Å². The minimum Gasteiger partial charge on any atom is -0.279 e. The Morgan fingerprint density at radius 3 is 2.50 bits per heavy atom. The molecule has 0 atom stereocenters. The van der Waals surface area contributed by atoms with E-state index in [0.717, 1.165) is 6.42 Å². The van der Waals surface area contributed by atoms with E-state index in [1.165, 1.54) is 5.56 Å². The maximum absolute atomic E-state index is 5.05. The van der Waals surface area contributed by atoms with Crippen LogP contribution in [-0.4, -0.2) is 6.61 Å². The van der Waals surface area contributed by atoms with Gasteiger partial charge in [-0.05, 0) is 12.0 Å². The van der Waals surface area contributed by atoms with Crippen LogP contribution in [0.25, 0.3) is 0 Å². The van der Waals surface area contributed by atoms with Gasteiger partial charge in [0.15, 0.2) is 0 Å². The van der Waals surface area contributed by atoms with Crippen LogP contribution in [0, 0.1) is 0 Å². The second-order valence-electron chi connectivity index (χ2n) is 2.05. The van der Waals surface area contributed by atoms with Crippen molar-refractivity contribution < 1.29 is 4.29 Å². The number of benzene rings is 1. The number of rotatable bonds is 3. The molecule has 0 bridgehead atoms. The summed E-state index contributed by atoms with van der Waals surface area (Å²) in [7, 11) is 0. The van der Waals surface area contributed by atoms with E-state index in [4.69, 9.17) is 11.9 Å². The van der Waals surface area contributed by atoms with Crippen LogP contribution in [-0.2, 0) is 10.7 Å². The predicted molar refractivity (Wildman–Crippen MR) is 42.0 cm³/mol. The highest BCUT2D eigenvalue weighted by atomic mass is 35.5. The van der Waals surface area contributed by atoms with E-state index in [1.807, 2.05) is 18.2 Å². The zero-order chi connectivity index (χ0) is 7.23. The smallest absolute Gasteiger partial charge is 0.0722 e. The van der Waals surface area contributed by atoms with Gasteiger partial charge in [-0.15, -0.1) is 0 Å². The van der Waals surface area contributed by atoms with Crippen LogP contribution in [0.4, 0.5) is 0 Å². The van der Waals surface area contributed by atoms with Crippen molar-refractivity contribution in [2.24, 2.45) is 0 Å². The molecule has 0 fully saturated rings. The van der Waals surface area contributed by atoms with Crippen molar-refractivity contribution in [3.8, 4) is 0 Å². The van der Waals surface area contributed by atoms with Gasteiger partial charge in [0.1, 0.15) is 0 Å². The van der Waals surface area contributed by atoms with E-state index < -0.39 is 0 Å². The van der Waals surface area contributed by atoms with E-state index in [9.17, 15) is 0 Å². The Kier molecular flexibility index (Phi) is 3.27. The van der Waals surface area contributed by atoms with Crippen molar-refractivity contribution in [3.05, 3.63) is 35.9 Å². The highest BCUT2D eigenvalue weighted by molar-refractivity contribution is 6.07. The lowest BCUT2D eigenvalue weighted by molar-refractivity contribution is 0.356. The summed E-state index contributed by atoms with van der Waals surface area (Å²) in [6.45, 7) is 0.575. The summed E-state index contributed by atoms with van der Waals surface area (Å²) in [5.41, 5.74) is 1.25. The summed E-state index contributed by atoms with van der Waals surface area (Å²) in [4.78, 5) is 0. The normalized spacial score (nSPS) is 9.70. The number of hydrogen-bond donors (Lipinski definition) is 0. The lowest BCUT2D eigenvalue weighted by atomic mass is 10.2. The van der Waals surface area contributed by atoms with Crippen LogP contribution in [0.15, 0.2) is 30.3 Å². The van der Waals surface area contributed by atoms with Gasteiger partial charge in [-0.3, -0.25) is 4.29 Å². The Morgan fingerprint density at radius 1 is 1.20 bits per heavy atom. The lowest BCUT2D eigenvalue weighted by Crippen LogP contribution is -1.89. The molecule has 10 heavy (non-hydrogen) atoms. The summed E-state index contributed by atoms with van der Waals surface area (Å²) in [6.07, 6.45) is 0.879. The summed E-state index contributed by atoms with van der Waals surface area (Å²) in [5.74, 6) is 0. The molecule has 1 nitrogen and oxygen atoms in total. The predicted octanol–water partition coefficient (Wildman–Crippen LogP) is 2.40. The maximum atomic E-state index is 5.05. The topological polar surface area (TPSA) is 9.23 Å². The van der Waals surface area contributed by atoms with Crippen molar-refractivity contribution in [2.75, 3.05) is 6.61 Å². The largest absolute Gasteiger partial charge is 0.279 e. The van der Waals surface area contributed by atoms with Gasteiger partial charge < -0.3 is 0 Å². The molecule has 1 aromatic carbocycles. The molecule has 0 radical (unpaired) electrons. The molecular formula is C8H9ClO. The second-order valence-corrected chi connectivity index (χ2v) is 2.27. The van der Waals surface area contributed by atoms with E-state index >= 15 is 0 Å². The first-order valence-corrected chi connectivity index (χ1v) is 3.52. The monoisotopic (exact) mass is 156 g/mol. The van der Waals surface area contributed by atoms with Crippen molar-refractivity contribution in [3.63, 3.8) is 0 Å². The van der Waals surface area contributed by atoms with Crippen LogP contribution in [0.2, 0.25) is 0 Å². The molecule has 0 amide bonds. The third-order valence-corrected chi connectivity index (χ3v) is 1.47. The molecule has 0 saturated heterocycles. The molecule has 0 spiro atoms. The molecule has 1 rings (SSSR count). The molecule has 1 aromatic rings. The standard InChI is InChI=1S/C8H9ClO/c9-10-7-6-8-4-2-1-3-5-8/h1-5H,6-7H2. The highest BCUT2D eigenvalue weighted by Gasteiger charge is 1.88. The highest BCUT2D eigenvalue weighted by Crippen LogP contribution is 1.99. The second kappa shape index (κ2) is 4.31. The van der Waals surface area contributed by atoms with Crippen LogP contribution in [0.5, 0.6) is 0 Å². The Labute approximate surface area is 65.8 Å². The zero-order valence-corrected chi connectivity index (χ0v) is 6.34. The minimum absolute atomic E-state index is 0.575. The van der Waals surface area contributed by atoms with Crippen LogP contribution in [0.1, 0.15) is 5.56 Å². The third-order valence-electron chi connectivity index (χ3n) is 1.31. The van der Waals surface area contributed by atoms with Crippen molar-refractivity contribution in [2.45, 2.75) is 6.42 Å². The first-order valence-electron chi connectivity index (χ1n) is 3.21. The molecular weight excluding hydrogens is 148 g/mol. The fourth-order valence-corrected chi connectivity index (χ4v) is 0.878. The summed E-state index contributed by atoms with van der Waals surface area (Å²) in [5, 5.41) is 0. The summed E-state index contributed by atoms with van der Waals surface area (Å²) >= 11 is 5.05. The maximum Gasteiger partial charge on any atom is 0.0722 e. The lowest BCUT2D eigenvalue weighted by Gasteiger charge is -1.95. The third kappa shape index (κ3) is 2.38. The van der Waals surface area contributed by atoms with E-state index in [2.05, 4.69) is 16.4 Å². The van der Waals surface area contributed by atoms with E-state index in [1.54, 1.807) is 0 Å². The Hall–Kier alpha value is -0.530. The van der Waals surface area contributed by atoms with Gasteiger partial charge >= 0.3 is 0 Å². The van der Waals surface area contributed by atoms with Crippen molar-refractivity contribution in [1.29, 1.82) is 0 Å².